The molecule has 1 amide bonds. The van der Waals surface area contributed by atoms with E-state index in [1.165, 1.54) is 21.9 Å². The Morgan fingerprint density at radius 3 is 3.00 bits per heavy atom. The average molecular weight is 355 g/mol. The molecule has 0 unspecified atom stereocenters. The van der Waals surface area contributed by atoms with E-state index >= 15 is 0 Å². The molecule has 0 bridgehead atoms. The van der Waals surface area contributed by atoms with Gasteiger partial charge in [-0.3, -0.25) is 14.0 Å². The van der Waals surface area contributed by atoms with Crippen LogP contribution in [0.3, 0.4) is 0 Å². The number of thiazole rings is 1. The zero-order valence-electron chi connectivity index (χ0n) is 13.5. The number of para-hydroxylation sites is 1. The van der Waals surface area contributed by atoms with Crippen molar-refractivity contribution in [3.8, 4) is 5.75 Å². The predicted octanol–water partition coefficient (Wildman–Crippen LogP) is 2.44. The summed E-state index contributed by atoms with van der Waals surface area (Å²) in [4.78, 5) is 31.9. The van der Waals surface area contributed by atoms with Crippen LogP contribution in [0.15, 0.2) is 52.9 Å². The molecule has 0 spiro atoms. The largest absolute Gasteiger partial charge is 0.491 e. The standard InChI is InChI=1S/C18H17N3O3S/c22-16(15-11-19-18-21(17(15)23)9-10-25-18)20-8-4-5-13(20)12-24-14-6-2-1-3-7-14/h1-3,6-7,9-11,13H,4-5,8,12H2/t13-/m0/s1. The van der Waals surface area contributed by atoms with E-state index in [1.54, 1.807) is 16.5 Å². The number of nitrogens with zero attached hydrogens (tertiary/aromatic N) is 3. The smallest absolute Gasteiger partial charge is 0.271 e. The maximum atomic E-state index is 12.9. The fourth-order valence-corrected chi connectivity index (χ4v) is 3.79. The van der Waals surface area contributed by atoms with Gasteiger partial charge in [0.1, 0.15) is 17.9 Å². The van der Waals surface area contributed by atoms with E-state index in [2.05, 4.69) is 4.98 Å². The molecule has 2 aromatic heterocycles. The molecule has 1 aliphatic rings. The molecule has 0 aliphatic carbocycles. The Morgan fingerprint density at radius 2 is 2.16 bits per heavy atom. The minimum Gasteiger partial charge on any atom is -0.491 e. The Labute approximate surface area is 148 Å². The molecule has 0 N–H and O–H groups in total. The summed E-state index contributed by atoms with van der Waals surface area (Å²) in [6.07, 6.45) is 4.81. The Hall–Kier alpha value is -2.67. The van der Waals surface area contributed by atoms with Gasteiger partial charge in [0.05, 0.1) is 6.04 Å². The number of carbonyl (C=O) groups excluding carboxylic acids is 1. The molecule has 1 saturated heterocycles. The van der Waals surface area contributed by atoms with Crippen LogP contribution in [0.25, 0.3) is 4.96 Å². The van der Waals surface area contributed by atoms with Gasteiger partial charge in [-0.15, -0.1) is 11.3 Å². The lowest BCUT2D eigenvalue weighted by atomic mass is 10.2. The number of aromatic nitrogens is 2. The highest BCUT2D eigenvalue weighted by Gasteiger charge is 2.31. The fraction of sp³-hybridized carbons (Fsp3) is 0.278. The summed E-state index contributed by atoms with van der Waals surface area (Å²) in [6, 6.07) is 9.50. The van der Waals surface area contributed by atoms with E-state index in [0.717, 1.165) is 18.6 Å². The van der Waals surface area contributed by atoms with Crippen molar-refractivity contribution >= 4 is 22.2 Å². The van der Waals surface area contributed by atoms with E-state index in [4.69, 9.17) is 4.74 Å². The molecule has 25 heavy (non-hydrogen) atoms. The lowest BCUT2D eigenvalue weighted by Crippen LogP contribution is -2.41. The lowest BCUT2D eigenvalue weighted by molar-refractivity contribution is 0.0689. The van der Waals surface area contributed by atoms with Crippen LogP contribution in [0.1, 0.15) is 23.2 Å². The SMILES string of the molecule is O=C(c1cnc2sccn2c1=O)N1CCC[C@H]1COc1ccccc1. The van der Waals surface area contributed by atoms with Crippen molar-refractivity contribution in [1.29, 1.82) is 0 Å². The van der Waals surface area contributed by atoms with Crippen LogP contribution in [0.2, 0.25) is 0 Å². The third-order valence-electron chi connectivity index (χ3n) is 4.40. The highest BCUT2D eigenvalue weighted by Crippen LogP contribution is 2.21. The van der Waals surface area contributed by atoms with Gasteiger partial charge in [0.2, 0.25) is 0 Å². The highest BCUT2D eigenvalue weighted by atomic mass is 32.1. The van der Waals surface area contributed by atoms with Crippen molar-refractivity contribution in [1.82, 2.24) is 14.3 Å². The van der Waals surface area contributed by atoms with E-state index in [1.807, 2.05) is 30.3 Å². The first kappa shape index (κ1) is 15.8. The summed E-state index contributed by atoms with van der Waals surface area (Å²) >= 11 is 1.37. The molecule has 4 rings (SSSR count). The van der Waals surface area contributed by atoms with Gasteiger partial charge in [0, 0.05) is 24.3 Å². The summed E-state index contributed by atoms with van der Waals surface area (Å²) in [5.41, 5.74) is -0.201. The lowest BCUT2D eigenvalue weighted by Gasteiger charge is -2.24. The zero-order valence-corrected chi connectivity index (χ0v) is 14.3. The molecule has 1 fully saturated rings. The van der Waals surface area contributed by atoms with Crippen LogP contribution < -0.4 is 10.3 Å². The second-order valence-corrected chi connectivity index (χ2v) is 6.82. The predicted molar refractivity (Wildman–Crippen MR) is 95.3 cm³/mol. The van der Waals surface area contributed by atoms with Crippen molar-refractivity contribution in [2.75, 3.05) is 13.2 Å². The Kier molecular flexibility index (Phi) is 4.23. The van der Waals surface area contributed by atoms with Gasteiger partial charge < -0.3 is 9.64 Å². The summed E-state index contributed by atoms with van der Waals surface area (Å²) < 4.78 is 7.22. The topological polar surface area (TPSA) is 63.9 Å². The van der Waals surface area contributed by atoms with Crippen molar-refractivity contribution < 1.29 is 9.53 Å². The highest BCUT2D eigenvalue weighted by molar-refractivity contribution is 7.15. The zero-order chi connectivity index (χ0) is 17.2. The molecular formula is C18H17N3O3S. The number of amides is 1. The molecule has 1 aromatic carbocycles. The number of ether oxygens (including phenoxy) is 1. The summed E-state index contributed by atoms with van der Waals surface area (Å²) in [6.45, 7) is 1.05. The molecule has 0 radical (unpaired) electrons. The first-order valence-corrected chi connectivity index (χ1v) is 9.05. The van der Waals surface area contributed by atoms with Gasteiger partial charge in [-0.25, -0.2) is 4.98 Å². The van der Waals surface area contributed by atoms with Crippen LogP contribution in [0, 0.1) is 0 Å². The summed E-state index contributed by atoms with van der Waals surface area (Å²) in [7, 11) is 0. The number of carbonyl (C=O) groups is 1. The van der Waals surface area contributed by atoms with Crippen molar-refractivity contribution in [3.63, 3.8) is 0 Å². The number of hydrogen-bond acceptors (Lipinski definition) is 5. The van der Waals surface area contributed by atoms with Crippen molar-refractivity contribution in [3.05, 3.63) is 64.0 Å². The summed E-state index contributed by atoms with van der Waals surface area (Å²) in [5, 5.41) is 1.78. The number of benzene rings is 1. The Bertz CT molecular complexity index is 951. The normalized spacial score (nSPS) is 17.1. The third-order valence-corrected chi connectivity index (χ3v) is 5.17. The Balaban J connectivity index is 1.53. The molecular weight excluding hydrogens is 338 g/mol. The van der Waals surface area contributed by atoms with Gasteiger partial charge in [0.25, 0.3) is 11.5 Å². The molecule has 3 heterocycles. The minimum absolute atomic E-state index is 0.0322. The van der Waals surface area contributed by atoms with E-state index < -0.39 is 0 Å². The van der Waals surface area contributed by atoms with Crippen LogP contribution in [-0.2, 0) is 0 Å². The third kappa shape index (κ3) is 3.02. The fourth-order valence-electron chi connectivity index (χ4n) is 3.11. The van der Waals surface area contributed by atoms with E-state index in [-0.39, 0.29) is 23.1 Å². The second-order valence-electron chi connectivity index (χ2n) is 5.95. The van der Waals surface area contributed by atoms with Crippen molar-refractivity contribution in [2.45, 2.75) is 18.9 Å². The monoisotopic (exact) mass is 355 g/mol. The van der Waals surface area contributed by atoms with Crippen LogP contribution >= 0.6 is 11.3 Å². The van der Waals surface area contributed by atoms with Crippen LogP contribution in [-0.4, -0.2) is 39.4 Å². The number of hydrogen-bond donors (Lipinski definition) is 0. The molecule has 3 aromatic rings. The Morgan fingerprint density at radius 1 is 1.32 bits per heavy atom. The van der Waals surface area contributed by atoms with Crippen LogP contribution in [0.4, 0.5) is 0 Å². The van der Waals surface area contributed by atoms with Crippen LogP contribution in [0.5, 0.6) is 5.75 Å². The van der Waals surface area contributed by atoms with E-state index in [9.17, 15) is 9.59 Å². The molecule has 6 nitrogen and oxygen atoms in total. The number of likely N-dealkylation sites (tertiary alicyclic amines) is 1. The maximum Gasteiger partial charge on any atom is 0.271 e. The number of rotatable bonds is 4. The van der Waals surface area contributed by atoms with E-state index in [0.29, 0.717) is 18.1 Å². The first-order valence-electron chi connectivity index (χ1n) is 8.18. The molecule has 7 heteroatoms. The first-order chi connectivity index (χ1) is 12.2. The van der Waals surface area contributed by atoms with Gasteiger partial charge in [-0.1, -0.05) is 18.2 Å². The average Bonchev–Trinajstić information content (AvgIpc) is 3.30. The second kappa shape index (κ2) is 6.68. The maximum absolute atomic E-state index is 12.9. The van der Waals surface area contributed by atoms with Gasteiger partial charge in [-0.2, -0.15) is 0 Å². The van der Waals surface area contributed by atoms with Gasteiger partial charge >= 0.3 is 0 Å². The van der Waals surface area contributed by atoms with Gasteiger partial charge in [-0.05, 0) is 25.0 Å². The quantitative estimate of drug-likeness (QED) is 0.721. The molecule has 1 aliphatic heterocycles. The minimum atomic E-state index is -0.314. The van der Waals surface area contributed by atoms with Crippen molar-refractivity contribution in [2.24, 2.45) is 0 Å². The molecule has 128 valence electrons. The molecule has 1 atom stereocenters. The number of fused-ring (bicyclic) bond motifs is 1. The molecule has 0 saturated carbocycles. The summed E-state index contributed by atoms with van der Waals surface area (Å²) in [5.74, 6) is 0.514. The van der Waals surface area contributed by atoms with Gasteiger partial charge in [0.15, 0.2) is 4.96 Å².